The third-order valence-corrected chi connectivity index (χ3v) is 5.89. The Labute approximate surface area is 169 Å². The Kier molecular flexibility index (Phi) is 6.15. The minimum absolute atomic E-state index is 0.000731. The molecule has 0 atom stereocenters. The van der Waals surface area contributed by atoms with Crippen LogP contribution in [-0.2, 0) is 13.0 Å². The van der Waals surface area contributed by atoms with Gasteiger partial charge in [-0.15, -0.1) is 11.3 Å². The Morgan fingerprint density at radius 1 is 1.32 bits per heavy atom. The fourth-order valence-corrected chi connectivity index (χ4v) is 4.63. The van der Waals surface area contributed by atoms with Crippen LogP contribution >= 0.6 is 11.3 Å². The smallest absolute Gasteiger partial charge is 0.262 e. The van der Waals surface area contributed by atoms with Crippen molar-refractivity contribution in [1.29, 1.82) is 5.26 Å². The first kappa shape index (κ1) is 20.1. The standard InChI is InChI=1S/C22H25N3O2S/c1-5-8-18-24-21-20(22(26)25(18)12-7-6-11-23)19(15(3)28-21)16-9-10-17(27-4)14(2)13-16/h9-10,13H,5-8,12H2,1-4H3. The van der Waals surface area contributed by atoms with Crippen LogP contribution in [0.1, 0.15) is 42.5 Å². The number of hydrogen-bond donors (Lipinski definition) is 0. The van der Waals surface area contributed by atoms with Gasteiger partial charge in [-0.2, -0.15) is 5.26 Å². The van der Waals surface area contributed by atoms with Crippen molar-refractivity contribution in [3.05, 3.63) is 44.8 Å². The van der Waals surface area contributed by atoms with E-state index in [1.54, 1.807) is 23.0 Å². The zero-order valence-corrected chi connectivity index (χ0v) is 17.7. The molecular formula is C22H25N3O2S. The van der Waals surface area contributed by atoms with Gasteiger partial charge < -0.3 is 4.74 Å². The number of nitriles is 1. The number of aryl methyl sites for hydroxylation is 3. The van der Waals surface area contributed by atoms with Crippen LogP contribution in [0.4, 0.5) is 0 Å². The second-order valence-electron chi connectivity index (χ2n) is 6.89. The Morgan fingerprint density at radius 3 is 2.75 bits per heavy atom. The van der Waals surface area contributed by atoms with Crippen molar-refractivity contribution in [3.63, 3.8) is 0 Å². The molecule has 0 saturated heterocycles. The van der Waals surface area contributed by atoms with Crippen LogP contribution in [0.5, 0.6) is 5.75 Å². The monoisotopic (exact) mass is 395 g/mol. The van der Waals surface area contributed by atoms with E-state index in [1.807, 2.05) is 26.0 Å². The first-order valence-electron chi connectivity index (χ1n) is 9.56. The third kappa shape index (κ3) is 3.67. The summed E-state index contributed by atoms with van der Waals surface area (Å²) in [5, 5.41) is 9.55. The lowest BCUT2D eigenvalue weighted by molar-refractivity contribution is 0.412. The van der Waals surface area contributed by atoms with E-state index in [2.05, 4.69) is 19.1 Å². The molecule has 0 radical (unpaired) electrons. The van der Waals surface area contributed by atoms with Crippen molar-refractivity contribution in [3.8, 4) is 22.9 Å². The maximum Gasteiger partial charge on any atom is 0.262 e. The topological polar surface area (TPSA) is 67.9 Å². The molecule has 0 aliphatic carbocycles. The first-order valence-corrected chi connectivity index (χ1v) is 10.4. The summed E-state index contributed by atoms with van der Waals surface area (Å²) in [5.74, 6) is 1.65. The summed E-state index contributed by atoms with van der Waals surface area (Å²) in [7, 11) is 1.66. The number of methoxy groups -OCH3 is 1. The predicted octanol–water partition coefficient (Wildman–Crippen LogP) is 5.01. The number of benzene rings is 1. The predicted molar refractivity (Wildman–Crippen MR) is 114 cm³/mol. The van der Waals surface area contributed by atoms with Crippen molar-refractivity contribution in [2.45, 2.75) is 53.0 Å². The largest absolute Gasteiger partial charge is 0.496 e. The molecule has 6 heteroatoms. The molecule has 28 heavy (non-hydrogen) atoms. The molecule has 146 valence electrons. The van der Waals surface area contributed by atoms with Crippen LogP contribution in [0.15, 0.2) is 23.0 Å². The van der Waals surface area contributed by atoms with E-state index in [-0.39, 0.29) is 5.56 Å². The Bertz CT molecular complexity index is 1110. The average molecular weight is 396 g/mol. The summed E-state index contributed by atoms with van der Waals surface area (Å²) < 4.78 is 7.15. The van der Waals surface area contributed by atoms with Crippen LogP contribution in [-0.4, -0.2) is 16.7 Å². The molecule has 5 nitrogen and oxygen atoms in total. The van der Waals surface area contributed by atoms with Crippen molar-refractivity contribution in [2.24, 2.45) is 0 Å². The van der Waals surface area contributed by atoms with E-state index < -0.39 is 0 Å². The number of aromatic nitrogens is 2. The molecule has 2 heterocycles. The fourth-order valence-electron chi connectivity index (χ4n) is 3.58. The van der Waals surface area contributed by atoms with Gasteiger partial charge in [0.05, 0.1) is 18.6 Å². The van der Waals surface area contributed by atoms with Gasteiger partial charge >= 0.3 is 0 Å². The summed E-state index contributed by atoms with van der Waals surface area (Å²) >= 11 is 1.57. The number of unbranched alkanes of at least 4 members (excludes halogenated alkanes) is 1. The van der Waals surface area contributed by atoms with Gasteiger partial charge in [-0.25, -0.2) is 4.98 Å². The maximum absolute atomic E-state index is 13.5. The van der Waals surface area contributed by atoms with Gasteiger partial charge in [0.15, 0.2) is 0 Å². The van der Waals surface area contributed by atoms with Gasteiger partial charge in [0, 0.05) is 29.8 Å². The van der Waals surface area contributed by atoms with Crippen LogP contribution in [0.3, 0.4) is 0 Å². The van der Waals surface area contributed by atoms with Gasteiger partial charge in [0.2, 0.25) is 0 Å². The number of hydrogen-bond acceptors (Lipinski definition) is 5. The third-order valence-electron chi connectivity index (χ3n) is 4.89. The summed E-state index contributed by atoms with van der Waals surface area (Å²) in [6, 6.07) is 8.16. The zero-order valence-electron chi connectivity index (χ0n) is 16.8. The minimum atomic E-state index is -0.000731. The fraction of sp³-hybridized carbons (Fsp3) is 0.409. The number of thiophene rings is 1. The number of rotatable bonds is 7. The Balaban J connectivity index is 2.23. The number of ether oxygens (including phenoxy) is 1. The lowest BCUT2D eigenvalue weighted by Crippen LogP contribution is -2.25. The quantitative estimate of drug-likeness (QED) is 0.528. The maximum atomic E-state index is 13.5. The summed E-state index contributed by atoms with van der Waals surface area (Å²) in [5.41, 5.74) is 3.00. The average Bonchev–Trinajstić information content (AvgIpc) is 3.00. The first-order chi connectivity index (χ1) is 13.5. The lowest BCUT2D eigenvalue weighted by Gasteiger charge is -2.12. The molecule has 3 rings (SSSR count). The SMILES string of the molecule is CCCc1nc2sc(C)c(-c3ccc(OC)c(C)c3)c2c(=O)n1CCCC#N. The highest BCUT2D eigenvalue weighted by Crippen LogP contribution is 2.37. The van der Waals surface area contributed by atoms with Gasteiger partial charge in [-0.3, -0.25) is 9.36 Å². The van der Waals surface area contributed by atoms with E-state index in [9.17, 15) is 4.79 Å². The lowest BCUT2D eigenvalue weighted by atomic mass is 10.0. The molecule has 0 fully saturated rings. The second-order valence-corrected chi connectivity index (χ2v) is 8.10. The van der Waals surface area contributed by atoms with Crippen LogP contribution in [0.2, 0.25) is 0 Å². The minimum Gasteiger partial charge on any atom is -0.496 e. The van der Waals surface area contributed by atoms with Gasteiger partial charge in [0.1, 0.15) is 16.4 Å². The van der Waals surface area contributed by atoms with Crippen molar-refractivity contribution in [2.75, 3.05) is 7.11 Å². The van der Waals surface area contributed by atoms with Crippen molar-refractivity contribution >= 4 is 21.6 Å². The van der Waals surface area contributed by atoms with Gasteiger partial charge in [-0.1, -0.05) is 13.0 Å². The molecule has 2 aromatic heterocycles. The van der Waals surface area contributed by atoms with Crippen molar-refractivity contribution < 1.29 is 4.74 Å². The summed E-state index contributed by atoms with van der Waals surface area (Å²) in [6.07, 6.45) is 2.76. The van der Waals surface area contributed by atoms with Crippen LogP contribution in [0.25, 0.3) is 21.3 Å². The summed E-state index contributed by atoms with van der Waals surface area (Å²) in [4.78, 5) is 20.2. The zero-order chi connectivity index (χ0) is 20.3. The molecule has 0 N–H and O–H groups in total. The van der Waals surface area contributed by atoms with E-state index in [0.717, 1.165) is 50.8 Å². The molecule has 0 aliphatic heterocycles. The van der Waals surface area contributed by atoms with E-state index in [1.165, 1.54) is 0 Å². The van der Waals surface area contributed by atoms with Crippen LogP contribution < -0.4 is 10.3 Å². The normalized spacial score (nSPS) is 11.0. The summed E-state index contributed by atoms with van der Waals surface area (Å²) in [6.45, 7) is 6.66. The molecule has 0 bridgehead atoms. The highest BCUT2D eigenvalue weighted by atomic mass is 32.1. The van der Waals surface area contributed by atoms with Gasteiger partial charge in [0.25, 0.3) is 5.56 Å². The second kappa shape index (κ2) is 8.57. The number of nitrogens with zero attached hydrogens (tertiary/aromatic N) is 3. The molecule has 0 unspecified atom stereocenters. The molecular weight excluding hydrogens is 370 g/mol. The Hall–Kier alpha value is -2.65. The van der Waals surface area contributed by atoms with Gasteiger partial charge in [-0.05, 0) is 49.9 Å². The number of fused-ring (bicyclic) bond motifs is 1. The molecule has 0 aliphatic rings. The molecule has 1 aromatic carbocycles. The molecule has 0 amide bonds. The van der Waals surface area contributed by atoms with E-state index in [0.29, 0.717) is 24.8 Å². The highest BCUT2D eigenvalue weighted by molar-refractivity contribution is 7.19. The molecule has 3 aromatic rings. The van der Waals surface area contributed by atoms with E-state index in [4.69, 9.17) is 15.0 Å². The van der Waals surface area contributed by atoms with Crippen LogP contribution in [0, 0.1) is 25.2 Å². The molecule has 0 saturated carbocycles. The Morgan fingerprint density at radius 2 is 2.11 bits per heavy atom. The highest BCUT2D eigenvalue weighted by Gasteiger charge is 2.20. The van der Waals surface area contributed by atoms with E-state index >= 15 is 0 Å². The van der Waals surface area contributed by atoms with Crippen molar-refractivity contribution in [1.82, 2.24) is 9.55 Å². The molecule has 0 spiro atoms.